The Hall–Kier alpha value is -0.790. The summed E-state index contributed by atoms with van der Waals surface area (Å²) in [5, 5.41) is 0. The Morgan fingerprint density at radius 3 is 2.82 bits per heavy atom. The van der Waals surface area contributed by atoms with Crippen LogP contribution in [0.15, 0.2) is 12.3 Å². The highest BCUT2D eigenvalue weighted by Crippen LogP contribution is 2.45. The number of esters is 1. The van der Waals surface area contributed by atoms with Crippen molar-refractivity contribution in [3.8, 4) is 0 Å². The van der Waals surface area contributed by atoms with Crippen molar-refractivity contribution in [3.63, 3.8) is 0 Å². The fourth-order valence-electron chi connectivity index (χ4n) is 2.14. The summed E-state index contributed by atoms with van der Waals surface area (Å²) in [6.45, 7) is 3.72. The Morgan fingerprint density at radius 2 is 2.24 bits per heavy atom. The van der Waals surface area contributed by atoms with Crippen molar-refractivity contribution in [2.75, 3.05) is 7.11 Å². The minimum Gasteiger partial charge on any atom is -0.452 e. The van der Waals surface area contributed by atoms with Crippen molar-refractivity contribution in [3.05, 3.63) is 12.3 Å². The number of amides is 1. The number of allylic oxidation sites excluding steroid dienone is 1. The van der Waals surface area contributed by atoms with Gasteiger partial charge in [0.2, 0.25) is 0 Å². The SMILES string of the molecule is COC(=O)N1C=C[C@@H]2[C@H](I)[C@H]1OC(=O)C2(C)C. The maximum Gasteiger partial charge on any atom is 0.416 e. The molecule has 0 aromatic carbocycles. The van der Waals surface area contributed by atoms with Crippen LogP contribution in [0.1, 0.15) is 13.8 Å². The lowest BCUT2D eigenvalue weighted by Crippen LogP contribution is -2.59. The highest BCUT2D eigenvalue weighted by Gasteiger charge is 2.53. The third-order valence-corrected chi connectivity index (χ3v) is 4.71. The molecule has 1 saturated heterocycles. The van der Waals surface area contributed by atoms with Crippen molar-refractivity contribution in [1.29, 1.82) is 0 Å². The average Bonchev–Trinajstić information content (AvgIpc) is 2.28. The van der Waals surface area contributed by atoms with Crippen molar-refractivity contribution >= 4 is 34.7 Å². The van der Waals surface area contributed by atoms with Crippen LogP contribution in [0.2, 0.25) is 0 Å². The van der Waals surface area contributed by atoms with Gasteiger partial charge in [0.15, 0.2) is 6.23 Å². The summed E-state index contributed by atoms with van der Waals surface area (Å²) in [7, 11) is 1.30. The number of carbonyl (C=O) groups excluding carboxylic acids is 2. The number of alkyl halides is 1. The van der Waals surface area contributed by atoms with E-state index in [4.69, 9.17) is 4.74 Å². The van der Waals surface area contributed by atoms with E-state index in [9.17, 15) is 9.59 Å². The van der Waals surface area contributed by atoms with Crippen LogP contribution in [-0.2, 0) is 14.3 Å². The Bertz CT molecular complexity index is 393. The molecule has 3 atom stereocenters. The molecule has 2 bridgehead atoms. The molecular formula is C11H14INO4. The summed E-state index contributed by atoms with van der Waals surface area (Å²) in [5.41, 5.74) is -0.554. The molecule has 0 unspecified atom stereocenters. The molecular weight excluding hydrogens is 337 g/mol. The molecule has 2 aliphatic heterocycles. The fourth-order valence-corrected chi connectivity index (χ4v) is 3.77. The van der Waals surface area contributed by atoms with Crippen LogP contribution in [-0.4, -0.2) is 34.2 Å². The number of fused-ring (bicyclic) bond motifs is 2. The van der Waals surface area contributed by atoms with Gasteiger partial charge >= 0.3 is 12.1 Å². The molecule has 17 heavy (non-hydrogen) atoms. The number of ether oxygens (including phenoxy) is 2. The molecule has 0 aromatic heterocycles. The average molecular weight is 351 g/mol. The minimum atomic E-state index is -0.571. The van der Waals surface area contributed by atoms with Crippen molar-refractivity contribution < 1.29 is 19.1 Å². The van der Waals surface area contributed by atoms with Crippen LogP contribution in [0, 0.1) is 11.3 Å². The first-order chi connectivity index (χ1) is 7.89. The Morgan fingerprint density at radius 1 is 1.59 bits per heavy atom. The van der Waals surface area contributed by atoms with Gasteiger partial charge in [0.05, 0.1) is 16.4 Å². The maximum atomic E-state index is 11.9. The third-order valence-electron chi connectivity index (χ3n) is 3.32. The molecule has 0 radical (unpaired) electrons. The maximum absolute atomic E-state index is 11.9. The Labute approximate surface area is 113 Å². The minimum absolute atomic E-state index is 0.0319. The molecule has 2 aliphatic rings. The predicted molar refractivity (Wildman–Crippen MR) is 68.3 cm³/mol. The van der Waals surface area contributed by atoms with Crippen molar-refractivity contribution in [2.45, 2.75) is 24.0 Å². The lowest BCUT2D eigenvalue weighted by molar-refractivity contribution is -0.180. The van der Waals surface area contributed by atoms with E-state index < -0.39 is 17.7 Å². The Balaban J connectivity index is 2.36. The van der Waals surface area contributed by atoms with Gasteiger partial charge in [0.1, 0.15) is 0 Å². The second-order valence-corrected chi connectivity index (χ2v) is 6.14. The summed E-state index contributed by atoms with van der Waals surface area (Å²) in [6, 6.07) is 0. The molecule has 0 saturated carbocycles. The number of hydrogen-bond donors (Lipinski definition) is 0. The zero-order valence-corrected chi connectivity index (χ0v) is 12.0. The summed E-state index contributed by atoms with van der Waals surface area (Å²) in [5.74, 6) is -0.214. The third kappa shape index (κ3) is 1.82. The molecule has 6 heteroatoms. The number of nitrogens with zero attached hydrogens (tertiary/aromatic N) is 1. The van der Waals surface area contributed by atoms with Gasteiger partial charge in [0, 0.05) is 12.1 Å². The standard InChI is InChI=1S/C11H14INO4/c1-11(2)6-4-5-13(10(15)16-3)8(7(6)12)17-9(11)14/h4-8H,1-3H3/t6-,7+,8-/m1/s1. The number of rotatable bonds is 0. The summed E-state index contributed by atoms with van der Waals surface area (Å²) >= 11 is 2.22. The monoisotopic (exact) mass is 351 g/mol. The fraction of sp³-hybridized carbons (Fsp3) is 0.636. The van der Waals surface area contributed by atoms with E-state index in [1.807, 2.05) is 19.9 Å². The van der Waals surface area contributed by atoms with Crippen LogP contribution in [0.25, 0.3) is 0 Å². The van der Waals surface area contributed by atoms with Gasteiger partial charge in [0.25, 0.3) is 0 Å². The lowest BCUT2D eigenvalue weighted by atomic mass is 9.74. The zero-order valence-electron chi connectivity index (χ0n) is 9.84. The molecule has 5 nitrogen and oxygen atoms in total. The van der Waals surface area contributed by atoms with Crippen molar-refractivity contribution in [1.82, 2.24) is 4.90 Å². The van der Waals surface area contributed by atoms with Gasteiger partial charge < -0.3 is 9.47 Å². The summed E-state index contributed by atoms with van der Waals surface area (Å²) in [4.78, 5) is 24.8. The molecule has 0 aliphatic carbocycles. The topological polar surface area (TPSA) is 55.8 Å². The predicted octanol–water partition coefficient (Wildman–Crippen LogP) is 1.91. The highest BCUT2D eigenvalue weighted by atomic mass is 127. The van der Waals surface area contributed by atoms with Gasteiger partial charge in [-0.05, 0) is 13.8 Å². The van der Waals surface area contributed by atoms with Crippen LogP contribution in [0.5, 0.6) is 0 Å². The molecule has 0 N–H and O–H groups in total. The highest BCUT2D eigenvalue weighted by molar-refractivity contribution is 14.1. The normalized spacial score (nSPS) is 34.2. The van der Waals surface area contributed by atoms with Gasteiger partial charge in [-0.15, -0.1) is 0 Å². The van der Waals surface area contributed by atoms with Gasteiger partial charge in [-0.25, -0.2) is 9.69 Å². The number of hydrogen-bond acceptors (Lipinski definition) is 4. The van der Waals surface area contributed by atoms with E-state index >= 15 is 0 Å². The number of methoxy groups -OCH3 is 1. The second-order valence-electron chi connectivity index (χ2n) is 4.71. The lowest BCUT2D eigenvalue weighted by Gasteiger charge is -2.47. The number of carbonyl (C=O) groups is 2. The summed E-state index contributed by atoms with van der Waals surface area (Å²) < 4.78 is 10.0. The zero-order chi connectivity index (χ0) is 12.8. The molecule has 2 rings (SSSR count). The quantitative estimate of drug-likeness (QED) is 0.380. The van der Waals surface area contributed by atoms with Crippen LogP contribution in [0.3, 0.4) is 0 Å². The molecule has 2 heterocycles. The van der Waals surface area contributed by atoms with Gasteiger partial charge in [-0.2, -0.15) is 0 Å². The first kappa shape index (κ1) is 12.7. The molecule has 0 aromatic rings. The van der Waals surface area contributed by atoms with Crippen LogP contribution in [0.4, 0.5) is 4.79 Å². The molecule has 94 valence electrons. The van der Waals surface area contributed by atoms with Gasteiger partial charge in [-0.3, -0.25) is 4.79 Å². The van der Waals surface area contributed by atoms with E-state index in [1.165, 1.54) is 12.0 Å². The molecule has 1 amide bonds. The smallest absolute Gasteiger partial charge is 0.416 e. The van der Waals surface area contributed by atoms with Crippen molar-refractivity contribution in [2.24, 2.45) is 11.3 Å². The first-order valence-corrected chi connectivity index (χ1v) is 6.54. The molecule has 0 spiro atoms. The van der Waals surface area contributed by atoms with E-state index in [-0.39, 0.29) is 15.8 Å². The van der Waals surface area contributed by atoms with E-state index in [0.717, 1.165) is 0 Å². The van der Waals surface area contributed by atoms with Gasteiger partial charge in [-0.1, -0.05) is 28.7 Å². The second kappa shape index (κ2) is 4.15. The Kier molecular flexibility index (Phi) is 3.09. The van der Waals surface area contributed by atoms with E-state index in [2.05, 4.69) is 27.3 Å². The number of halogens is 1. The van der Waals surface area contributed by atoms with E-state index in [0.29, 0.717) is 0 Å². The largest absolute Gasteiger partial charge is 0.452 e. The van der Waals surface area contributed by atoms with Crippen LogP contribution < -0.4 is 0 Å². The van der Waals surface area contributed by atoms with E-state index in [1.54, 1.807) is 6.20 Å². The first-order valence-electron chi connectivity index (χ1n) is 5.29. The molecule has 1 fully saturated rings. The van der Waals surface area contributed by atoms with Crippen LogP contribution >= 0.6 is 22.6 Å². The summed E-state index contributed by atoms with van der Waals surface area (Å²) in [6.07, 6.45) is 2.44.